The van der Waals surface area contributed by atoms with Crippen LogP contribution in [0, 0.1) is 0 Å². The number of hydrogen-bond acceptors (Lipinski definition) is 3. The minimum atomic E-state index is -0.895. The van der Waals surface area contributed by atoms with Gasteiger partial charge in [0.25, 0.3) is 0 Å². The number of benzene rings is 1. The van der Waals surface area contributed by atoms with E-state index in [0.29, 0.717) is 10.0 Å². The van der Waals surface area contributed by atoms with Gasteiger partial charge in [-0.1, -0.05) is 35.8 Å². The summed E-state index contributed by atoms with van der Waals surface area (Å²) in [4.78, 5) is 35.6. The number of aldehydes is 1. The maximum Gasteiger partial charge on any atom is 0.244 e. The fourth-order valence-electron chi connectivity index (χ4n) is 3.25. The molecule has 2 rings (SSSR count). The molecule has 5 nitrogen and oxygen atoms in total. The molecule has 1 aromatic rings. The molecule has 1 aliphatic heterocycles. The van der Waals surface area contributed by atoms with Gasteiger partial charge in [-0.25, -0.2) is 0 Å². The fourth-order valence-corrected chi connectivity index (χ4v) is 3.55. The Balaban J connectivity index is 0.00000122. The van der Waals surface area contributed by atoms with E-state index in [1.165, 1.54) is 13.0 Å². The van der Waals surface area contributed by atoms with Crippen LogP contribution >= 0.6 is 23.2 Å². The number of halogens is 2. The van der Waals surface area contributed by atoms with Gasteiger partial charge < -0.3 is 15.0 Å². The van der Waals surface area contributed by atoms with E-state index < -0.39 is 5.54 Å². The van der Waals surface area contributed by atoms with Gasteiger partial charge in [0, 0.05) is 12.6 Å². The van der Waals surface area contributed by atoms with Crippen molar-refractivity contribution in [3.05, 3.63) is 46.5 Å². The molecule has 1 aromatic carbocycles. The van der Waals surface area contributed by atoms with E-state index in [4.69, 9.17) is 28.0 Å². The molecule has 0 aliphatic carbocycles. The van der Waals surface area contributed by atoms with Gasteiger partial charge in [-0.05, 0) is 63.8 Å². The summed E-state index contributed by atoms with van der Waals surface area (Å²) in [5, 5.41) is 3.70. The van der Waals surface area contributed by atoms with E-state index in [1.807, 2.05) is 11.8 Å². The summed E-state index contributed by atoms with van der Waals surface area (Å²) in [5.41, 5.74) is -0.164. The van der Waals surface area contributed by atoms with Crippen LogP contribution in [0.25, 0.3) is 0 Å². The molecule has 1 N–H and O–H groups in total. The summed E-state index contributed by atoms with van der Waals surface area (Å²) in [5.74, 6) is -0.321. The van der Waals surface area contributed by atoms with Crippen molar-refractivity contribution in [3.8, 4) is 0 Å². The molecule has 1 aliphatic rings. The zero-order chi connectivity index (χ0) is 21.3. The number of nitrogens with one attached hydrogen (secondary N) is 1. The Bertz CT molecular complexity index is 724. The Labute approximate surface area is 177 Å². The summed E-state index contributed by atoms with van der Waals surface area (Å²) >= 11 is 12.1. The van der Waals surface area contributed by atoms with Crippen molar-refractivity contribution in [2.45, 2.75) is 58.0 Å². The number of carbonyl (C=O) groups is 3. The third-order valence-corrected chi connectivity index (χ3v) is 5.51. The van der Waals surface area contributed by atoms with E-state index in [2.05, 4.69) is 18.8 Å². The first kappa shape index (κ1) is 24.2. The largest absolute Gasteiger partial charge is 0.343 e. The smallest absolute Gasteiger partial charge is 0.244 e. The van der Waals surface area contributed by atoms with E-state index >= 15 is 0 Å². The Kier molecular flexibility index (Phi) is 9.70. The van der Waals surface area contributed by atoms with E-state index in [1.54, 1.807) is 18.2 Å². The van der Waals surface area contributed by atoms with Gasteiger partial charge >= 0.3 is 0 Å². The Morgan fingerprint density at radius 1 is 1.32 bits per heavy atom. The number of piperidine rings is 1. The van der Waals surface area contributed by atoms with Crippen LogP contribution in [0.1, 0.15) is 52.0 Å². The van der Waals surface area contributed by atoms with Gasteiger partial charge in [0.1, 0.15) is 6.29 Å². The number of likely N-dealkylation sites (tertiary alicyclic amines) is 1. The average molecular weight is 427 g/mol. The minimum Gasteiger partial charge on any atom is -0.343 e. The topological polar surface area (TPSA) is 66.5 Å². The third kappa shape index (κ3) is 6.64. The van der Waals surface area contributed by atoms with Crippen molar-refractivity contribution in [2.24, 2.45) is 0 Å². The lowest BCUT2D eigenvalue weighted by atomic mass is 9.87. The molecule has 1 saturated heterocycles. The predicted octanol–water partition coefficient (Wildman–Crippen LogP) is 4.51. The van der Waals surface area contributed by atoms with Crippen LogP contribution in [0.4, 0.5) is 0 Å². The second-order valence-corrected chi connectivity index (χ2v) is 7.81. The highest BCUT2D eigenvalue weighted by atomic mass is 35.5. The van der Waals surface area contributed by atoms with Crippen LogP contribution in [-0.4, -0.2) is 35.6 Å². The van der Waals surface area contributed by atoms with Crippen molar-refractivity contribution in [1.29, 1.82) is 0 Å². The number of hydrogen-bond donors (Lipinski definition) is 1. The average Bonchev–Trinajstić information content (AvgIpc) is 2.64. The molecular formula is C21H28Cl2N2O3. The van der Waals surface area contributed by atoms with Crippen LogP contribution in [0.15, 0.2) is 30.9 Å². The van der Waals surface area contributed by atoms with Crippen molar-refractivity contribution in [1.82, 2.24) is 10.2 Å². The highest BCUT2D eigenvalue weighted by Gasteiger charge is 2.34. The SMILES string of the molecule is C=CC(=O)N[C@@](C)(CC(=O)N1CCCC[C@H]1C)c1ccc(Cl)c(Cl)c1.CC=O. The maximum atomic E-state index is 12.9. The Morgan fingerprint density at radius 3 is 2.50 bits per heavy atom. The zero-order valence-corrected chi connectivity index (χ0v) is 18.1. The molecule has 1 fully saturated rings. The molecule has 2 atom stereocenters. The molecule has 0 aromatic heterocycles. The van der Waals surface area contributed by atoms with Crippen molar-refractivity contribution in [2.75, 3.05) is 6.54 Å². The molecular weight excluding hydrogens is 399 g/mol. The van der Waals surface area contributed by atoms with Crippen molar-refractivity contribution >= 4 is 41.3 Å². The second kappa shape index (κ2) is 11.2. The molecule has 7 heteroatoms. The first-order chi connectivity index (χ1) is 13.2. The molecule has 0 radical (unpaired) electrons. The summed E-state index contributed by atoms with van der Waals surface area (Å²) in [6.45, 7) is 9.58. The molecule has 0 spiro atoms. The van der Waals surface area contributed by atoms with Crippen LogP contribution in [-0.2, 0) is 19.9 Å². The van der Waals surface area contributed by atoms with Crippen LogP contribution in [0.3, 0.4) is 0 Å². The summed E-state index contributed by atoms with van der Waals surface area (Å²) in [6, 6.07) is 5.37. The molecule has 0 unspecified atom stereocenters. The van der Waals surface area contributed by atoms with Gasteiger partial charge in [0.2, 0.25) is 11.8 Å². The zero-order valence-electron chi connectivity index (χ0n) is 16.6. The number of nitrogens with zero attached hydrogens (tertiary/aromatic N) is 1. The lowest BCUT2D eigenvalue weighted by Crippen LogP contribution is -2.49. The Morgan fingerprint density at radius 2 is 1.96 bits per heavy atom. The quantitative estimate of drug-likeness (QED) is 0.556. The molecule has 28 heavy (non-hydrogen) atoms. The monoisotopic (exact) mass is 426 g/mol. The minimum absolute atomic E-state index is 0.0186. The lowest BCUT2D eigenvalue weighted by molar-refractivity contribution is -0.136. The van der Waals surface area contributed by atoms with Crippen molar-refractivity contribution in [3.63, 3.8) is 0 Å². The van der Waals surface area contributed by atoms with E-state index in [9.17, 15) is 9.59 Å². The fraction of sp³-hybridized carbons (Fsp3) is 0.476. The van der Waals surface area contributed by atoms with E-state index in [-0.39, 0.29) is 24.3 Å². The first-order valence-electron chi connectivity index (χ1n) is 9.27. The standard InChI is InChI=1S/C19H24Cl2N2O2.C2H4O/c1-4-17(24)22-19(3,14-8-9-15(20)16(21)11-14)12-18(25)23-10-6-5-7-13(23)2;1-2-3/h4,8-9,11,13H,1,5-7,10,12H2,2-3H3,(H,22,24);2H,1H3/t13-,19+;/m1./s1. The summed E-state index contributed by atoms with van der Waals surface area (Å²) in [7, 11) is 0. The number of rotatable bonds is 5. The lowest BCUT2D eigenvalue weighted by Gasteiger charge is -2.37. The number of carbonyl (C=O) groups excluding carboxylic acids is 3. The predicted molar refractivity (Wildman–Crippen MR) is 114 cm³/mol. The summed E-state index contributed by atoms with van der Waals surface area (Å²) < 4.78 is 0. The third-order valence-electron chi connectivity index (χ3n) is 4.77. The maximum absolute atomic E-state index is 12.9. The van der Waals surface area contributed by atoms with Crippen molar-refractivity contribution < 1.29 is 14.4 Å². The number of amides is 2. The first-order valence-corrected chi connectivity index (χ1v) is 10.0. The van der Waals surface area contributed by atoms with Gasteiger partial charge in [-0.3, -0.25) is 9.59 Å². The molecule has 1 heterocycles. The molecule has 0 bridgehead atoms. The molecule has 154 valence electrons. The van der Waals surface area contributed by atoms with Gasteiger partial charge in [0.05, 0.1) is 22.0 Å². The van der Waals surface area contributed by atoms with Crippen LogP contribution in [0.2, 0.25) is 10.0 Å². The Hall–Kier alpha value is -1.85. The normalized spacial score (nSPS) is 18.2. The molecule has 2 amide bonds. The van der Waals surface area contributed by atoms with E-state index in [0.717, 1.165) is 37.7 Å². The van der Waals surface area contributed by atoms with Gasteiger partial charge in [-0.2, -0.15) is 0 Å². The summed E-state index contributed by atoms with van der Waals surface area (Å²) in [6.07, 6.45) is 5.26. The van der Waals surface area contributed by atoms with Gasteiger partial charge in [0.15, 0.2) is 0 Å². The second-order valence-electron chi connectivity index (χ2n) is 7.00. The highest BCUT2D eigenvalue weighted by molar-refractivity contribution is 6.42. The highest BCUT2D eigenvalue weighted by Crippen LogP contribution is 2.32. The van der Waals surface area contributed by atoms with Gasteiger partial charge in [-0.15, -0.1) is 0 Å². The van der Waals surface area contributed by atoms with Crippen LogP contribution in [0.5, 0.6) is 0 Å². The van der Waals surface area contributed by atoms with Crippen LogP contribution < -0.4 is 5.32 Å². The molecule has 0 saturated carbocycles.